The van der Waals surface area contributed by atoms with E-state index in [0.717, 1.165) is 41.1 Å². The highest BCUT2D eigenvalue weighted by molar-refractivity contribution is 6.06. The summed E-state index contributed by atoms with van der Waals surface area (Å²) in [5.41, 5.74) is 10.5. The number of carbonyl (C=O) groups is 1. The second-order valence-electron chi connectivity index (χ2n) is 7.76. The Bertz CT molecular complexity index is 1340. The molecule has 1 saturated heterocycles. The number of primary amides is 1. The minimum absolute atomic E-state index is 0.339. The van der Waals surface area contributed by atoms with E-state index in [9.17, 15) is 9.18 Å². The molecule has 158 valence electrons. The highest BCUT2D eigenvalue weighted by atomic mass is 19.1. The van der Waals surface area contributed by atoms with Crippen LogP contribution in [0.15, 0.2) is 36.4 Å². The molecule has 1 fully saturated rings. The number of amides is 1. The van der Waals surface area contributed by atoms with Gasteiger partial charge in [0.2, 0.25) is 0 Å². The predicted molar refractivity (Wildman–Crippen MR) is 117 cm³/mol. The van der Waals surface area contributed by atoms with Crippen molar-refractivity contribution >= 4 is 33.5 Å². The normalized spacial score (nSPS) is 14.5. The second-order valence-corrected chi connectivity index (χ2v) is 7.76. The Hall–Kier alpha value is -3.52. The molecule has 0 atom stereocenters. The summed E-state index contributed by atoms with van der Waals surface area (Å²) in [7, 11) is 0. The van der Waals surface area contributed by atoms with Gasteiger partial charge in [0.25, 0.3) is 5.91 Å². The molecule has 1 amide bonds. The van der Waals surface area contributed by atoms with Gasteiger partial charge in [-0.15, -0.1) is 0 Å². The fraction of sp³-hybridized carbons (Fsp3) is 0.261. The molecule has 4 aromatic rings. The summed E-state index contributed by atoms with van der Waals surface area (Å²) >= 11 is 0. The van der Waals surface area contributed by atoms with Crippen molar-refractivity contribution in [2.45, 2.75) is 13.8 Å². The maximum atomic E-state index is 13.8. The van der Waals surface area contributed by atoms with Gasteiger partial charge in [0.05, 0.1) is 35.5 Å². The molecule has 2 N–H and O–H groups in total. The third-order valence-electron chi connectivity index (χ3n) is 5.67. The van der Waals surface area contributed by atoms with E-state index in [1.54, 1.807) is 12.1 Å². The van der Waals surface area contributed by atoms with Crippen LogP contribution < -0.4 is 10.6 Å². The summed E-state index contributed by atoms with van der Waals surface area (Å²) in [6.07, 6.45) is 0. The summed E-state index contributed by atoms with van der Waals surface area (Å²) in [6, 6.07) is 10.3. The standard InChI is InChI=1S/C23H22FN5O2/c1-13-9-20(17-4-3-15(24)10-19(17)26-13)29-14(2)27-22-18(23(25)30)11-16(12-21(22)29)28-5-7-31-8-6-28/h3-4,9-12H,5-8H2,1-2H3,(H2,25,30). The predicted octanol–water partition coefficient (Wildman–Crippen LogP) is 3.27. The average molecular weight is 419 g/mol. The lowest BCUT2D eigenvalue weighted by Gasteiger charge is -2.29. The van der Waals surface area contributed by atoms with Crippen LogP contribution in [0.4, 0.5) is 10.1 Å². The number of rotatable bonds is 3. The SMILES string of the molecule is Cc1cc(-n2c(C)nc3c(C(N)=O)cc(N4CCOCC4)cc32)c2ccc(F)cc2n1. The summed E-state index contributed by atoms with van der Waals surface area (Å²) in [5.74, 6) is -0.162. The van der Waals surface area contributed by atoms with Gasteiger partial charge in [0, 0.05) is 35.9 Å². The zero-order valence-corrected chi connectivity index (χ0v) is 17.4. The van der Waals surface area contributed by atoms with E-state index >= 15 is 0 Å². The molecule has 1 aliphatic rings. The Morgan fingerprint density at radius 2 is 1.87 bits per heavy atom. The first kappa shape index (κ1) is 19.4. The molecule has 8 heteroatoms. The van der Waals surface area contributed by atoms with E-state index in [0.29, 0.717) is 35.6 Å². The first-order chi connectivity index (χ1) is 14.9. The lowest BCUT2D eigenvalue weighted by molar-refractivity contribution is 0.100. The highest BCUT2D eigenvalue weighted by Gasteiger charge is 2.21. The number of carbonyl (C=O) groups excluding carboxylic acids is 1. The van der Waals surface area contributed by atoms with Gasteiger partial charge in [-0.25, -0.2) is 9.37 Å². The topological polar surface area (TPSA) is 86.3 Å². The van der Waals surface area contributed by atoms with Crippen LogP contribution in [0.2, 0.25) is 0 Å². The number of anilines is 1. The van der Waals surface area contributed by atoms with Gasteiger partial charge in [-0.3, -0.25) is 14.3 Å². The molecule has 1 aliphatic heterocycles. The number of hydrogen-bond acceptors (Lipinski definition) is 5. The largest absolute Gasteiger partial charge is 0.378 e. The first-order valence-corrected chi connectivity index (χ1v) is 10.2. The molecular formula is C23H22FN5O2. The lowest BCUT2D eigenvalue weighted by atomic mass is 10.1. The number of morpholine rings is 1. The van der Waals surface area contributed by atoms with Crippen molar-refractivity contribution in [1.82, 2.24) is 14.5 Å². The van der Waals surface area contributed by atoms with Gasteiger partial charge >= 0.3 is 0 Å². The third kappa shape index (κ3) is 3.29. The first-order valence-electron chi connectivity index (χ1n) is 10.2. The molecule has 2 aromatic heterocycles. The molecule has 31 heavy (non-hydrogen) atoms. The van der Waals surface area contributed by atoms with Gasteiger partial charge in [-0.2, -0.15) is 0 Å². The van der Waals surface area contributed by atoms with E-state index in [4.69, 9.17) is 10.5 Å². The van der Waals surface area contributed by atoms with Gasteiger partial charge in [-0.05, 0) is 44.2 Å². The number of nitrogens with two attached hydrogens (primary N) is 1. The minimum Gasteiger partial charge on any atom is -0.378 e. The summed E-state index contributed by atoms with van der Waals surface area (Å²) < 4.78 is 21.3. The number of aryl methyl sites for hydroxylation is 2. The molecule has 0 radical (unpaired) electrons. The van der Waals surface area contributed by atoms with Crippen molar-refractivity contribution in [2.24, 2.45) is 5.73 Å². The highest BCUT2D eigenvalue weighted by Crippen LogP contribution is 2.32. The number of halogens is 1. The number of nitrogens with zero attached hydrogens (tertiary/aromatic N) is 4. The molecule has 0 unspecified atom stereocenters. The monoisotopic (exact) mass is 419 g/mol. The molecular weight excluding hydrogens is 397 g/mol. The van der Waals surface area contributed by atoms with Gasteiger partial charge in [0.1, 0.15) is 17.2 Å². The Morgan fingerprint density at radius 1 is 1.10 bits per heavy atom. The quantitative estimate of drug-likeness (QED) is 0.551. The van der Waals surface area contributed by atoms with Gasteiger partial charge in [0.15, 0.2) is 0 Å². The summed E-state index contributed by atoms with van der Waals surface area (Å²) in [4.78, 5) is 23.6. The Morgan fingerprint density at radius 3 is 2.61 bits per heavy atom. The maximum absolute atomic E-state index is 13.8. The molecule has 0 bridgehead atoms. The molecule has 0 aliphatic carbocycles. The van der Waals surface area contributed by atoms with E-state index in [-0.39, 0.29) is 5.82 Å². The zero-order chi connectivity index (χ0) is 21.7. The van der Waals surface area contributed by atoms with Crippen LogP contribution in [0.3, 0.4) is 0 Å². The zero-order valence-electron chi connectivity index (χ0n) is 17.4. The van der Waals surface area contributed by atoms with E-state index < -0.39 is 5.91 Å². The van der Waals surface area contributed by atoms with Gasteiger partial charge < -0.3 is 15.4 Å². The number of benzene rings is 2. The van der Waals surface area contributed by atoms with Gasteiger partial charge in [-0.1, -0.05) is 0 Å². The van der Waals surface area contributed by atoms with Crippen LogP contribution >= 0.6 is 0 Å². The minimum atomic E-state index is -0.525. The number of imidazole rings is 1. The van der Waals surface area contributed by atoms with Crippen molar-refractivity contribution in [2.75, 3.05) is 31.2 Å². The van der Waals surface area contributed by atoms with E-state index in [1.807, 2.05) is 30.5 Å². The fourth-order valence-electron chi connectivity index (χ4n) is 4.27. The van der Waals surface area contributed by atoms with Crippen LogP contribution in [0.1, 0.15) is 21.9 Å². The van der Waals surface area contributed by atoms with Crippen LogP contribution in [0.25, 0.3) is 27.6 Å². The van der Waals surface area contributed by atoms with Crippen LogP contribution in [0.5, 0.6) is 0 Å². The number of ether oxygens (including phenoxy) is 1. The van der Waals surface area contributed by atoms with Crippen LogP contribution in [-0.2, 0) is 4.74 Å². The Balaban J connectivity index is 1.82. The smallest absolute Gasteiger partial charge is 0.251 e. The Labute approximate surface area is 178 Å². The average Bonchev–Trinajstić information content (AvgIpc) is 3.08. The summed E-state index contributed by atoms with van der Waals surface area (Å²) in [5, 5.41) is 0.798. The van der Waals surface area contributed by atoms with E-state index in [1.165, 1.54) is 12.1 Å². The van der Waals surface area contributed by atoms with Crippen molar-refractivity contribution in [1.29, 1.82) is 0 Å². The van der Waals surface area contributed by atoms with Crippen LogP contribution in [-0.4, -0.2) is 46.7 Å². The maximum Gasteiger partial charge on any atom is 0.251 e. The van der Waals surface area contributed by atoms with Crippen LogP contribution in [0, 0.1) is 19.7 Å². The molecule has 0 saturated carbocycles. The number of fused-ring (bicyclic) bond motifs is 2. The number of pyridine rings is 1. The molecule has 7 nitrogen and oxygen atoms in total. The molecule has 5 rings (SSSR count). The second kappa shape index (κ2) is 7.31. The molecule has 2 aromatic carbocycles. The van der Waals surface area contributed by atoms with Crippen molar-refractivity contribution < 1.29 is 13.9 Å². The molecule has 0 spiro atoms. The number of hydrogen-bond donors (Lipinski definition) is 1. The summed E-state index contributed by atoms with van der Waals surface area (Å²) in [6.45, 7) is 6.46. The fourth-order valence-corrected chi connectivity index (χ4v) is 4.27. The number of aromatic nitrogens is 3. The van der Waals surface area contributed by atoms with Crippen molar-refractivity contribution in [3.05, 3.63) is 59.3 Å². The van der Waals surface area contributed by atoms with Crippen molar-refractivity contribution in [3.63, 3.8) is 0 Å². The third-order valence-corrected chi connectivity index (χ3v) is 5.67. The van der Waals surface area contributed by atoms with E-state index in [2.05, 4.69) is 14.9 Å². The lowest BCUT2D eigenvalue weighted by Crippen LogP contribution is -2.36. The van der Waals surface area contributed by atoms with Crippen molar-refractivity contribution in [3.8, 4) is 5.69 Å². The Kier molecular flexibility index (Phi) is 4.59. The molecule has 3 heterocycles.